The molecule has 1 unspecified atom stereocenters. The quantitative estimate of drug-likeness (QED) is 0.117. The fourth-order valence-electron chi connectivity index (χ4n) is 4.43. The minimum Gasteiger partial charge on any atom is -0.390 e. The van der Waals surface area contributed by atoms with Gasteiger partial charge in [0.05, 0.1) is 19.3 Å². The highest BCUT2D eigenvalue weighted by Gasteiger charge is 2.44. The molecule has 0 aromatic carbocycles. The average Bonchev–Trinajstić information content (AvgIpc) is 3.57. The van der Waals surface area contributed by atoms with Gasteiger partial charge in [-0.25, -0.2) is 18.9 Å². The summed E-state index contributed by atoms with van der Waals surface area (Å²) in [6, 6.07) is 1.35. The molecule has 229 valence electrons. The van der Waals surface area contributed by atoms with E-state index in [9.17, 15) is 28.7 Å². The molecule has 0 amide bonds. The van der Waals surface area contributed by atoms with Crippen molar-refractivity contribution in [1.82, 2.24) is 29.1 Å². The molecule has 0 aliphatic carbocycles. The summed E-state index contributed by atoms with van der Waals surface area (Å²) in [5, 5.41) is 10.4. The van der Waals surface area contributed by atoms with Gasteiger partial charge in [-0.2, -0.15) is 9.97 Å². The van der Waals surface area contributed by atoms with Crippen molar-refractivity contribution in [2.24, 2.45) is 0 Å². The van der Waals surface area contributed by atoms with Crippen LogP contribution in [0, 0.1) is 6.33 Å². The van der Waals surface area contributed by atoms with Crippen LogP contribution in [-0.4, -0.2) is 86.5 Å². The number of phosphoric ester groups is 2. The minimum atomic E-state index is -4.98. The molecule has 3 aromatic heterocycles. The van der Waals surface area contributed by atoms with Gasteiger partial charge in [0, 0.05) is 19.0 Å². The Morgan fingerprint density at radius 2 is 1.79 bits per heavy atom. The SMILES string of the molecule is Nc1ccn([C@H]2C[C@H](O)[C@@H](COP(=O)(O)O[C@H]3C[C@H](n4[c]nc5c(=O)[nH]c(N)nc54)O[C@@H]3COP(=O)(O)O)O2)c(=O)n1. The van der Waals surface area contributed by atoms with E-state index in [0.717, 1.165) is 9.13 Å². The molecule has 2 aliphatic heterocycles. The summed E-state index contributed by atoms with van der Waals surface area (Å²) in [6.45, 7) is -1.42. The number of phosphoric acid groups is 2. The molecular formula is C19H25N8O13P2. The number of imidazole rings is 1. The summed E-state index contributed by atoms with van der Waals surface area (Å²) in [7, 11) is -9.92. The number of hydrogen-bond acceptors (Lipinski definition) is 15. The zero-order valence-corrected chi connectivity index (χ0v) is 23.0. The fourth-order valence-corrected chi connectivity index (χ4v) is 5.73. The first kappa shape index (κ1) is 30.4. The number of aromatic amines is 1. The molecule has 5 heterocycles. The van der Waals surface area contributed by atoms with E-state index in [2.05, 4.69) is 30.8 Å². The Morgan fingerprint density at radius 3 is 2.50 bits per heavy atom. The zero-order chi connectivity index (χ0) is 30.4. The highest BCUT2D eigenvalue weighted by molar-refractivity contribution is 7.47. The van der Waals surface area contributed by atoms with E-state index in [-0.39, 0.29) is 35.8 Å². The topological polar surface area (TPSA) is 312 Å². The van der Waals surface area contributed by atoms with E-state index in [1.165, 1.54) is 12.3 Å². The van der Waals surface area contributed by atoms with Crippen LogP contribution in [0.5, 0.6) is 0 Å². The maximum atomic E-state index is 12.9. The number of fused-ring (bicyclic) bond motifs is 1. The third-order valence-corrected chi connectivity index (χ3v) is 7.80. The number of ether oxygens (including phenoxy) is 2. The van der Waals surface area contributed by atoms with Crippen molar-refractivity contribution in [3.8, 4) is 0 Å². The van der Waals surface area contributed by atoms with Gasteiger partial charge in [0.2, 0.25) is 5.95 Å². The van der Waals surface area contributed by atoms with Crippen molar-refractivity contribution in [3.05, 3.63) is 39.4 Å². The Kier molecular flexibility index (Phi) is 8.36. The molecule has 2 saturated heterocycles. The number of nitrogens with two attached hydrogens (primary N) is 2. The Morgan fingerprint density at radius 1 is 1.07 bits per heavy atom. The number of nitrogen functional groups attached to an aromatic ring is 2. The van der Waals surface area contributed by atoms with Gasteiger partial charge < -0.3 is 40.7 Å². The number of nitrogens with one attached hydrogen (secondary N) is 1. The van der Waals surface area contributed by atoms with E-state index in [4.69, 9.17) is 39.8 Å². The lowest BCUT2D eigenvalue weighted by Crippen LogP contribution is -2.30. The zero-order valence-electron chi connectivity index (χ0n) is 21.2. The molecule has 7 atom stereocenters. The monoisotopic (exact) mass is 635 g/mol. The lowest BCUT2D eigenvalue weighted by atomic mass is 10.2. The molecule has 3 aromatic rings. The second kappa shape index (κ2) is 11.5. The standard InChI is InChI=1S/C19H25N8O13P2/c20-12-1-2-26(19(30)23-12)13-3-8(28)10(38-13)5-37-42(34,35)40-9-4-14(39-11(9)6-36-41(31,32)33)27-7-22-15-16(27)24-18(21)25-17(15)29/h1-2,8-11,13-14,28H,3-6H2,(H,34,35)(H2,20,23,30)(H2,31,32,33)(H3,21,24,25,29)/t8-,9-,10+,11+,13+,14+/m0/s1. The van der Waals surface area contributed by atoms with Gasteiger partial charge in [-0.15, -0.1) is 0 Å². The third-order valence-electron chi connectivity index (χ3n) is 6.30. The van der Waals surface area contributed by atoms with Crippen LogP contribution in [0.3, 0.4) is 0 Å². The van der Waals surface area contributed by atoms with Gasteiger partial charge in [-0.3, -0.25) is 32.5 Å². The van der Waals surface area contributed by atoms with Crippen LogP contribution in [0.2, 0.25) is 0 Å². The van der Waals surface area contributed by atoms with E-state index in [1.54, 1.807) is 0 Å². The number of anilines is 2. The third kappa shape index (κ3) is 6.77. The van der Waals surface area contributed by atoms with Crippen molar-refractivity contribution in [1.29, 1.82) is 0 Å². The number of aliphatic hydroxyl groups is 1. The molecule has 0 saturated carbocycles. The highest BCUT2D eigenvalue weighted by atomic mass is 31.2. The predicted octanol–water partition coefficient (Wildman–Crippen LogP) is -2.11. The predicted molar refractivity (Wildman–Crippen MR) is 136 cm³/mol. The van der Waals surface area contributed by atoms with E-state index in [0.29, 0.717) is 0 Å². The number of rotatable bonds is 10. The molecule has 0 bridgehead atoms. The molecule has 0 spiro atoms. The first-order chi connectivity index (χ1) is 19.7. The van der Waals surface area contributed by atoms with Gasteiger partial charge in [0.15, 0.2) is 17.5 Å². The smallest absolute Gasteiger partial charge is 0.390 e. The lowest BCUT2D eigenvalue weighted by Gasteiger charge is -2.22. The molecule has 42 heavy (non-hydrogen) atoms. The molecular weight excluding hydrogens is 610 g/mol. The average molecular weight is 635 g/mol. The summed E-state index contributed by atoms with van der Waals surface area (Å²) < 4.78 is 52.5. The Hall–Kier alpha value is -3.07. The number of H-pyrrole nitrogens is 1. The Labute approximate surface area is 233 Å². The number of aliphatic hydroxyl groups excluding tert-OH is 1. The summed E-state index contributed by atoms with van der Waals surface area (Å²) in [6.07, 6.45) is -3.57. The summed E-state index contributed by atoms with van der Waals surface area (Å²) in [5.41, 5.74) is 9.50. The first-order valence-electron chi connectivity index (χ1n) is 12.0. The van der Waals surface area contributed by atoms with E-state index < -0.39 is 77.0 Å². The van der Waals surface area contributed by atoms with Crippen LogP contribution in [-0.2, 0) is 32.2 Å². The Balaban J connectivity index is 1.27. The first-order valence-corrected chi connectivity index (χ1v) is 15.1. The van der Waals surface area contributed by atoms with Crippen LogP contribution in [0.25, 0.3) is 11.2 Å². The molecule has 1 radical (unpaired) electrons. The molecule has 21 nitrogen and oxygen atoms in total. The number of nitrogens with zero attached hydrogens (tertiary/aromatic N) is 5. The van der Waals surface area contributed by atoms with Gasteiger partial charge in [0.1, 0.15) is 36.6 Å². The van der Waals surface area contributed by atoms with E-state index >= 15 is 0 Å². The molecule has 23 heteroatoms. The van der Waals surface area contributed by atoms with Gasteiger partial charge >= 0.3 is 21.3 Å². The van der Waals surface area contributed by atoms with Crippen molar-refractivity contribution in [2.45, 2.75) is 49.7 Å². The van der Waals surface area contributed by atoms with E-state index in [1.807, 2.05) is 0 Å². The van der Waals surface area contributed by atoms with Crippen molar-refractivity contribution >= 4 is 38.6 Å². The Bertz CT molecular complexity index is 1670. The van der Waals surface area contributed by atoms with Gasteiger partial charge in [-0.1, -0.05) is 0 Å². The van der Waals surface area contributed by atoms with Crippen LogP contribution in [0.1, 0.15) is 25.3 Å². The molecule has 9 N–H and O–H groups in total. The van der Waals surface area contributed by atoms with Gasteiger partial charge in [-0.05, 0) is 6.07 Å². The van der Waals surface area contributed by atoms with Crippen molar-refractivity contribution in [3.63, 3.8) is 0 Å². The summed E-state index contributed by atoms with van der Waals surface area (Å²) in [4.78, 5) is 66.5. The van der Waals surface area contributed by atoms with Crippen LogP contribution >= 0.6 is 15.6 Å². The van der Waals surface area contributed by atoms with Crippen LogP contribution in [0.4, 0.5) is 11.8 Å². The summed E-state index contributed by atoms with van der Waals surface area (Å²) in [5.74, 6) is -0.247. The maximum Gasteiger partial charge on any atom is 0.472 e. The lowest BCUT2D eigenvalue weighted by molar-refractivity contribution is -0.0562. The fraction of sp³-hybridized carbons (Fsp3) is 0.526. The van der Waals surface area contributed by atoms with Crippen LogP contribution in [0.15, 0.2) is 21.9 Å². The largest absolute Gasteiger partial charge is 0.472 e. The van der Waals surface area contributed by atoms with Crippen LogP contribution < -0.4 is 22.7 Å². The van der Waals surface area contributed by atoms with Crippen molar-refractivity contribution < 1.29 is 52.0 Å². The summed E-state index contributed by atoms with van der Waals surface area (Å²) >= 11 is 0. The highest BCUT2D eigenvalue weighted by Crippen LogP contribution is 2.50. The number of aromatic nitrogens is 6. The second-order valence-corrected chi connectivity index (χ2v) is 11.9. The number of hydrogen-bond donors (Lipinski definition) is 7. The minimum absolute atomic E-state index is 0.0103. The normalized spacial score (nSPS) is 27.9. The maximum absolute atomic E-state index is 12.9. The van der Waals surface area contributed by atoms with Gasteiger partial charge in [0.25, 0.3) is 5.56 Å². The molecule has 2 aliphatic rings. The van der Waals surface area contributed by atoms with Crippen molar-refractivity contribution in [2.75, 3.05) is 24.7 Å². The molecule has 2 fully saturated rings. The second-order valence-electron chi connectivity index (χ2n) is 9.24. The molecule has 5 rings (SSSR count).